The van der Waals surface area contributed by atoms with Crippen molar-refractivity contribution in [1.29, 1.82) is 0 Å². The number of carbonyl (C=O) groups excluding carboxylic acids is 4. The molecule has 6 amide bonds. The number of nitrogens with one attached hydrogen (secondary N) is 2. The van der Waals surface area contributed by atoms with Gasteiger partial charge >= 0.3 is 41.6 Å². The fourth-order valence-electron chi connectivity index (χ4n) is 3.12. The number of amides is 6. The summed E-state index contributed by atoms with van der Waals surface area (Å²) in [6, 6.07) is 2.91. The van der Waals surface area contributed by atoms with Gasteiger partial charge in [-0.1, -0.05) is 30.3 Å². The van der Waals surface area contributed by atoms with Gasteiger partial charge in [-0.3, -0.25) is 9.59 Å². The molecular weight excluding hydrogens is 493 g/mol. The molecule has 0 aliphatic carbocycles. The number of hydrogen-bond acceptors (Lipinski definition) is 9. The maximum atomic E-state index is 12.8. The molecule has 0 saturated carbocycles. The molecule has 0 bridgehead atoms. The van der Waals surface area contributed by atoms with Crippen molar-refractivity contribution in [3.63, 3.8) is 0 Å². The first kappa shape index (κ1) is 27.0. The summed E-state index contributed by atoms with van der Waals surface area (Å²) in [7, 11) is -8.88. The zero-order valence-electron chi connectivity index (χ0n) is 17.5. The second-order valence-corrected chi connectivity index (χ2v) is 10.2. The van der Waals surface area contributed by atoms with E-state index in [-0.39, 0.29) is 52.5 Å². The summed E-state index contributed by atoms with van der Waals surface area (Å²) in [6.45, 7) is -1.04. The predicted molar refractivity (Wildman–Crippen MR) is 105 cm³/mol. The minimum absolute atomic E-state index is 0. The van der Waals surface area contributed by atoms with Gasteiger partial charge in [0.25, 0.3) is 5.91 Å². The molecule has 1 aromatic rings. The van der Waals surface area contributed by atoms with Gasteiger partial charge in [-0.05, 0) is 5.56 Å². The third-order valence-corrected chi connectivity index (χ3v) is 6.77. The minimum atomic E-state index is -5.00. The molecule has 14 nitrogen and oxygen atoms in total. The smallest absolute Gasteiger partial charge is 0.731 e. The molecule has 0 radical (unpaired) electrons. The summed E-state index contributed by atoms with van der Waals surface area (Å²) in [6.07, 6.45) is 0.813. The Morgan fingerprint density at radius 3 is 2.15 bits per heavy atom. The summed E-state index contributed by atoms with van der Waals surface area (Å²) in [5.74, 6) is -2.03. The Bertz CT molecular complexity index is 1180. The molecule has 2 atom stereocenters. The number of urea groups is 2. The van der Waals surface area contributed by atoms with Gasteiger partial charge in [0.1, 0.15) is 12.1 Å². The van der Waals surface area contributed by atoms with Crippen LogP contribution in [-0.2, 0) is 29.9 Å². The topological polar surface area (TPSA) is 193 Å². The number of β-lactam (4-membered cyclic amide) rings is 1. The van der Waals surface area contributed by atoms with Crippen molar-refractivity contribution >= 4 is 44.2 Å². The van der Waals surface area contributed by atoms with Crippen LogP contribution in [0.2, 0.25) is 0 Å². The molecule has 174 valence electrons. The zero-order valence-corrected chi connectivity index (χ0v) is 21.1. The Hall–Kier alpha value is -2.24. The van der Waals surface area contributed by atoms with Crippen LogP contribution < -0.4 is 40.2 Å². The van der Waals surface area contributed by atoms with Crippen LogP contribution in [0.1, 0.15) is 11.6 Å². The van der Waals surface area contributed by atoms with Gasteiger partial charge in [0.05, 0.1) is 25.9 Å². The molecular formula is C16H18N5NaO9S2. The largest absolute Gasteiger partial charge is 1.00 e. The third-order valence-electron chi connectivity index (χ3n) is 4.76. The Morgan fingerprint density at radius 2 is 1.67 bits per heavy atom. The van der Waals surface area contributed by atoms with E-state index >= 15 is 0 Å². The normalized spacial score (nSPS) is 19.5. The van der Waals surface area contributed by atoms with Crippen LogP contribution in [0.15, 0.2) is 30.3 Å². The molecule has 2 saturated heterocycles. The van der Waals surface area contributed by atoms with Crippen molar-refractivity contribution in [3.05, 3.63) is 35.9 Å². The first-order valence-electron chi connectivity index (χ1n) is 9.03. The fraction of sp³-hybridized carbons (Fsp3) is 0.375. The molecule has 3 rings (SSSR count). The number of benzene rings is 1. The number of rotatable bonds is 6. The molecule has 2 aliphatic heterocycles. The number of hydrogen-bond donors (Lipinski definition) is 2. The summed E-state index contributed by atoms with van der Waals surface area (Å²) in [5.41, 5.74) is 0.269. The van der Waals surface area contributed by atoms with Crippen LogP contribution in [-0.4, -0.2) is 90.7 Å². The van der Waals surface area contributed by atoms with Crippen molar-refractivity contribution in [3.8, 4) is 0 Å². The van der Waals surface area contributed by atoms with E-state index in [4.69, 9.17) is 0 Å². The average molecular weight is 511 g/mol. The van der Waals surface area contributed by atoms with E-state index in [0.717, 1.165) is 6.26 Å². The molecule has 2 heterocycles. The minimum Gasteiger partial charge on any atom is -0.731 e. The fourth-order valence-corrected chi connectivity index (χ4v) is 4.59. The van der Waals surface area contributed by atoms with E-state index < -0.39 is 62.8 Å². The summed E-state index contributed by atoms with van der Waals surface area (Å²) < 4.78 is 56.6. The van der Waals surface area contributed by atoms with Crippen LogP contribution in [0, 0.1) is 0 Å². The van der Waals surface area contributed by atoms with E-state index in [1.165, 1.54) is 12.1 Å². The van der Waals surface area contributed by atoms with Crippen LogP contribution >= 0.6 is 0 Å². The molecule has 17 heteroatoms. The maximum Gasteiger partial charge on any atom is 1.00 e. The molecule has 2 N–H and O–H groups in total. The summed E-state index contributed by atoms with van der Waals surface area (Å²) in [5, 5.41) is 4.56. The van der Waals surface area contributed by atoms with Gasteiger partial charge in [-0.2, -0.15) is 0 Å². The molecule has 0 aromatic heterocycles. The number of carbonyl (C=O) groups is 4. The Kier molecular flexibility index (Phi) is 8.14. The molecule has 2 fully saturated rings. The van der Waals surface area contributed by atoms with Crippen molar-refractivity contribution < 1.29 is 70.1 Å². The van der Waals surface area contributed by atoms with Gasteiger partial charge in [0.2, 0.25) is 15.9 Å². The third kappa shape index (κ3) is 5.82. The number of nitrogens with zero attached hydrogens (tertiary/aromatic N) is 3. The van der Waals surface area contributed by atoms with Gasteiger partial charge < -0.3 is 15.2 Å². The van der Waals surface area contributed by atoms with Crippen molar-refractivity contribution in [2.45, 2.75) is 12.1 Å². The molecule has 0 spiro atoms. The van der Waals surface area contributed by atoms with E-state index in [2.05, 4.69) is 10.6 Å². The first-order chi connectivity index (χ1) is 14.8. The van der Waals surface area contributed by atoms with E-state index in [1.54, 1.807) is 18.2 Å². The monoisotopic (exact) mass is 511 g/mol. The quantitative estimate of drug-likeness (QED) is 0.213. The Labute approximate surface area is 211 Å². The van der Waals surface area contributed by atoms with Gasteiger partial charge in [0.15, 0.2) is 10.3 Å². The van der Waals surface area contributed by atoms with Crippen molar-refractivity contribution in [2.24, 2.45) is 0 Å². The summed E-state index contributed by atoms with van der Waals surface area (Å²) >= 11 is 0. The first-order valence-corrected chi connectivity index (χ1v) is 12.2. The number of sulfonamides is 1. The summed E-state index contributed by atoms with van der Waals surface area (Å²) in [4.78, 5) is 50.1. The van der Waals surface area contributed by atoms with Crippen LogP contribution in [0.5, 0.6) is 0 Å². The second kappa shape index (κ2) is 9.94. The van der Waals surface area contributed by atoms with Crippen LogP contribution in [0.25, 0.3) is 0 Å². The SMILES string of the molecule is CS(=O)(=O)N1CCN(C(=O)NC(C(=O)NC2CN(S(=O)(=O)[O-])C2=O)c2ccccc2)C1=O.[Na+]. The van der Waals surface area contributed by atoms with Crippen LogP contribution in [0.4, 0.5) is 9.59 Å². The van der Waals surface area contributed by atoms with Crippen molar-refractivity contribution in [2.75, 3.05) is 25.9 Å². The number of imide groups is 1. The Morgan fingerprint density at radius 1 is 1.06 bits per heavy atom. The van der Waals surface area contributed by atoms with Gasteiger partial charge in [0, 0.05) is 0 Å². The predicted octanol–water partition coefficient (Wildman–Crippen LogP) is -5.07. The van der Waals surface area contributed by atoms with Gasteiger partial charge in [-0.15, -0.1) is 0 Å². The standard InChI is InChI=1S/C16H19N5O9S2.Na/c1-31(26,27)20-8-7-19(16(20)25)15(24)18-12(10-5-3-2-4-6-10)13(22)17-11-9-21(14(11)23)32(28,29)30;/h2-6,11-12H,7-9H2,1H3,(H,17,22)(H,18,24)(H,28,29,30);/q;+1/p-1. The second-order valence-electron chi connectivity index (χ2n) is 6.95. The van der Waals surface area contributed by atoms with Crippen molar-refractivity contribution in [1.82, 2.24) is 24.1 Å². The van der Waals surface area contributed by atoms with E-state index in [1.807, 2.05) is 0 Å². The zero-order chi connectivity index (χ0) is 23.8. The molecule has 1 aromatic carbocycles. The van der Waals surface area contributed by atoms with E-state index in [0.29, 0.717) is 9.21 Å². The van der Waals surface area contributed by atoms with Gasteiger partial charge in [-0.25, -0.2) is 39.9 Å². The average Bonchev–Trinajstić information content (AvgIpc) is 3.10. The molecule has 33 heavy (non-hydrogen) atoms. The molecule has 2 unspecified atom stereocenters. The maximum absolute atomic E-state index is 12.8. The van der Waals surface area contributed by atoms with Crippen LogP contribution in [0.3, 0.4) is 0 Å². The Balaban J connectivity index is 0.00000385. The molecule has 2 aliphatic rings. The van der Waals surface area contributed by atoms with E-state index in [9.17, 15) is 40.6 Å².